The summed E-state index contributed by atoms with van der Waals surface area (Å²) < 4.78 is 24.1. The number of hydrogen-bond acceptors (Lipinski definition) is 4. The maximum absolute atomic E-state index is 10.8. The predicted molar refractivity (Wildman–Crippen MR) is 54.7 cm³/mol. The number of thiazole rings is 1. The first-order valence-corrected chi connectivity index (χ1v) is 6.53. The van der Waals surface area contributed by atoms with Crippen LogP contribution >= 0.6 is 11.3 Å². The first-order valence-electron chi connectivity index (χ1n) is 3.82. The molecule has 1 rings (SSSR count). The Morgan fingerprint density at radius 2 is 2.15 bits per heavy atom. The Morgan fingerprint density at radius 1 is 1.54 bits per heavy atom. The summed E-state index contributed by atoms with van der Waals surface area (Å²) in [4.78, 5) is 4.09. The van der Waals surface area contributed by atoms with Crippen molar-refractivity contribution in [1.29, 1.82) is 0 Å². The Balaban J connectivity index is 2.81. The third-order valence-corrected chi connectivity index (χ3v) is 3.24. The highest BCUT2D eigenvalue weighted by molar-refractivity contribution is 7.92. The summed E-state index contributed by atoms with van der Waals surface area (Å²) in [6, 6.07) is 0. The van der Waals surface area contributed by atoms with Gasteiger partial charge in [0.15, 0.2) is 0 Å². The topological polar surface area (TPSA) is 59.1 Å². The summed E-state index contributed by atoms with van der Waals surface area (Å²) in [5, 5.41) is 1.51. The molecule has 0 aliphatic carbocycles. The van der Waals surface area contributed by atoms with Crippen molar-refractivity contribution < 1.29 is 8.42 Å². The molecule has 6 heteroatoms. The van der Waals surface area contributed by atoms with Gasteiger partial charge < -0.3 is 0 Å². The second-order valence-corrected chi connectivity index (χ2v) is 5.90. The van der Waals surface area contributed by atoms with Crippen molar-refractivity contribution in [2.45, 2.75) is 19.8 Å². The number of rotatable bonds is 3. The third kappa shape index (κ3) is 3.31. The molecule has 0 fully saturated rings. The lowest BCUT2D eigenvalue weighted by atomic mass is 10.2. The highest BCUT2D eigenvalue weighted by atomic mass is 32.2. The van der Waals surface area contributed by atoms with Gasteiger partial charge >= 0.3 is 0 Å². The maximum atomic E-state index is 10.8. The molecule has 0 spiro atoms. The molecule has 0 amide bonds. The van der Waals surface area contributed by atoms with Crippen molar-refractivity contribution in [3.63, 3.8) is 0 Å². The molecule has 1 heterocycles. The van der Waals surface area contributed by atoms with Gasteiger partial charge in [-0.15, -0.1) is 11.3 Å². The summed E-state index contributed by atoms with van der Waals surface area (Å²) in [7, 11) is -3.17. The minimum Gasteiger partial charge on any atom is -0.273 e. The summed E-state index contributed by atoms with van der Waals surface area (Å²) >= 11 is 1.37. The molecule has 1 N–H and O–H groups in total. The third-order valence-electron chi connectivity index (χ3n) is 1.30. The Labute approximate surface area is 82.1 Å². The van der Waals surface area contributed by atoms with Crippen LogP contribution in [0.4, 0.5) is 5.00 Å². The van der Waals surface area contributed by atoms with E-state index in [0.717, 1.165) is 11.3 Å². The summed E-state index contributed by atoms with van der Waals surface area (Å²) in [5.74, 6) is 0.333. The van der Waals surface area contributed by atoms with E-state index in [1.165, 1.54) is 11.3 Å². The number of aromatic nitrogens is 1. The molecule has 13 heavy (non-hydrogen) atoms. The zero-order valence-corrected chi connectivity index (χ0v) is 9.37. The van der Waals surface area contributed by atoms with Crippen molar-refractivity contribution in [3.05, 3.63) is 11.2 Å². The predicted octanol–water partition coefficient (Wildman–Crippen LogP) is 1.64. The largest absolute Gasteiger partial charge is 0.273 e. The van der Waals surface area contributed by atoms with E-state index < -0.39 is 10.0 Å². The lowest BCUT2D eigenvalue weighted by Gasteiger charge is -1.98. The second-order valence-electron chi connectivity index (χ2n) is 3.09. The Hall–Kier alpha value is -0.620. The Bertz CT molecular complexity index is 381. The van der Waals surface area contributed by atoms with Gasteiger partial charge in [-0.1, -0.05) is 13.8 Å². The lowest BCUT2D eigenvalue weighted by molar-refractivity contribution is 0.607. The fourth-order valence-corrected chi connectivity index (χ4v) is 2.50. The van der Waals surface area contributed by atoms with Crippen LogP contribution in [-0.4, -0.2) is 19.7 Å². The molecule has 0 aliphatic heterocycles. The number of nitrogens with one attached hydrogen (secondary N) is 1. The fraction of sp³-hybridized carbons (Fsp3) is 0.571. The van der Waals surface area contributed by atoms with Gasteiger partial charge in [0.1, 0.15) is 5.00 Å². The van der Waals surface area contributed by atoms with Crippen LogP contribution < -0.4 is 4.72 Å². The van der Waals surface area contributed by atoms with Crippen molar-refractivity contribution in [2.75, 3.05) is 11.0 Å². The molecule has 0 aromatic carbocycles. The molecular formula is C7H12N2O2S2. The molecular weight excluding hydrogens is 208 g/mol. The quantitative estimate of drug-likeness (QED) is 0.842. The summed E-state index contributed by atoms with van der Waals surface area (Å²) in [5.41, 5.74) is 0. The smallest absolute Gasteiger partial charge is 0.230 e. The van der Waals surface area contributed by atoms with Gasteiger partial charge in [0.25, 0.3) is 0 Å². The van der Waals surface area contributed by atoms with Crippen molar-refractivity contribution in [2.24, 2.45) is 0 Å². The van der Waals surface area contributed by atoms with Crippen molar-refractivity contribution in [3.8, 4) is 0 Å². The molecule has 4 nitrogen and oxygen atoms in total. The number of hydrogen-bond donors (Lipinski definition) is 1. The van der Waals surface area contributed by atoms with E-state index in [2.05, 4.69) is 9.71 Å². The molecule has 0 saturated carbocycles. The van der Waals surface area contributed by atoms with Crippen molar-refractivity contribution >= 4 is 26.4 Å². The van der Waals surface area contributed by atoms with E-state index in [4.69, 9.17) is 0 Å². The number of nitrogens with zero attached hydrogens (tertiary/aromatic N) is 1. The monoisotopic (exact) mass is 220 g/mol. The van der Waals surface area contributed by atoms with Crippen LogP contribution in [0.15, 0.2) is 6.20 Å². The van der Waals surface area contributed by atoms with Gasteiger partial charge in [-0.2, -0.15) is 0 Å². The molecule has 1 aromatic rings. The van der Waals surface area contributed by atoms with Gasteiger partial charge in [0, 0.05) is 5.92 Å². The van der Waals surface area contributed by atoms with Gasteiger partial charge in [0.05, 0.1) is 17.5 Å². The maximum Gasteiger partial charge on any atom is 0.230 e. The van der Waals surface area contributed by atoms with E-state index in [0.29, 0.717) is 10.9 Å². The molecule has 0 aliphatic rings. The number of anilines is 1. The molecule has 0 unspecified atom stereocenters. The minimum absolute atomic E-state index is 0.333. The van der Waals surface area contributed by atoms with Crippen LogP contribution in [0.3, 0.4) is 0 Å². The van der Waals surface area contributed by atoms with E-state index in [-0.39, 0.29) is 0 Å². The summed E-state index contributed by atoms with van der Waals surface area (Å²) in [6.45, 7) is 4.03. The molecule has 1 aromatic heterocycles. The normalized spacial score (nSPS) is 12.0. The number of sulfonamides is 1. The van der Waals surface area contributed by atoms with Crippen LogP contribution in [0.5, 0.6) is 0 Å². The van der Waals surface area contributed by atoms with E-state index in [1.807, 2.05) is 13.8 Å². The molecule has 0 bridgehead atoms. The van der Waals surface area contributed by atoms with E-state index >= 15 is 0 Å². The Kier molecular flexibility index (Phi) is 2.92. The molecule has 0 saturated heterocycles. The SMILES string of the molecule is CC(C)c1ncc(NS(C)(=O)=O)s1. The first-order chi connectivity index (χ1) is 5.88. The van der Waals surface area contributed by atoms with E-state index in [1.54, 1.807) is 6.20 Å². The van der Waals surface area contributed by atoms with Crippen molar-refractivity contribution in [1.82, 2.24) is 4.98 Å². The zero-order chi connectivity index (χ0) is 10.1. The second kappa shape index (κ2) is 3.63. The van der Waals surface area contributed by atoms with Crippen LogP contribution in [0, 0.1) is 0 Å². The van der Waals surface area contributed by atoms with Crippen LogP contribution in [0.2, 0.25) is 0 Å². The van der Waals surface area contributed by atoms with E-state index in [9.17, 15) is 8.42 Å². The highest BCUT2D eigenvalue weighted by Gasteiger charge is 2.08. The lowest BCUT2D eigenvalue weighted by Crippen LogP contribution is -2.07. The molecule has 0 radical (unpaired) electrons. The van der Waals surface area contributed by atoms with Crippen LogP contribution in [0.25, 0.3) is 0 Å². The molecule has 0 atom stereocenters. The first kappa shape index (κ1) is 10.5. The van der Waals surface area contributed by atoms with Gasteiger partial charge in [-0.25, -0.2) is 13.4 Å². The molecule has 74 valence electrons. The van der Waals surface area contributed by atoms with Crippen LogP contribution in [0.1, 0.15) is 24.8 Å². The zero-order valence-electron chi connectivity index (χ0n) is 7.73. The van der Waals surface area contributed by atoms with Gasteiger partial charge in [-0.05, 0) is 0 Å². The Morgan fingerprint density at radius 3 is 2.54 bits per heavy atom. The average molecular weight is 220 g/mol. The van der Waals surface area contributed by atoms with Crippen LogP contribution in [-0.2, 0) is 10.0 Å². The highest BCUT2D eigenvalue weighted by Crippen LogP contribution is 2.25. The summed E-state index contributed by atoms with van der Waals surface area (Å²) in [6.07, 6.45) is 2.67. The fourth-order valence-electron chi connectivity index (χ4n) is 0.784. The van der Waals surface area contributed by atoms with Gasteiger partial charge in [-0.3, -0.25) is 4.72 Å². The average Bonchev–Trinajstić information content (AvgIpc) is 2.31. The minimum atomic E-state index is -3.17. The standard InChI is InChI=1S/C7H12N2O2S2/c1-5(2)7-8-4-6(12-7)9-13(3,10)11/h4-5,9H,1-3H3. The van der Waals surface area contributed by atoms with Gasteiger partial charge in [0.2, 0.25) is 10.0 Å².